The zero-order valence-corrected chi connectivity index (χ0v) is 13.8. The smallest absolute Gasteiger partial charge is 0.260 e. The van der Waals surface area contributed by atoms with Gasteiger partial charge in [-0.1, -0.05) is 24.3 Å². The number of hydrogen-bond donors (Lipinski definition) is 1. The summed E-state index contributed by atoms with van der Waals surface area (Å²) in [4.78, 5) is 12.0. The summed E-state index contributed by atoms with van der Waals surface area (Å²) in [5.74, 6) is 1.34. The van der Waals surface area contributed by atoms with Crippen molar-refractivity contribution in [3.05, 3.63) is 59.7 Å². The van der Waals surface area contributed by atoms with Crippen molar-refractivity contribution in [1.82, 2.24) is 5.32 Å². The molecule has 0 aromatic heterocycles. The van der Waals surface area contributed by atoms with Gasteiger partial charge >= 0.3 is 0 Å². The predicted molar refractivity (Wildman–Crippen MR) is 91.0 cm³/mol. The largest absolute Gasteiger partial charge is 0.492 e. The van der Waals surface area contributed by atoms with Crippen LogP contribution in [-0.2, 0) is 4.79 Å². The van der Waals surface area contributed by atoms with Crippen molar-refractivity contribution in [2.45, 2.75) is 26.9 Å². The number of nitrogens with one attached hydrogen (secondary N) is 1. The number of rotatable bonds is 7. The summed E-state index contributed by atoms with van der Waals surface area (Å²) in [5, 5.41) is 2.81. The summed E-state index contributed by atoms with van der Waals surface area (Å²) in [6, 6.07) is 15.3. The van der Waals surface area contributed by atoms with Gasteiger partial charge in [0.05, 0.1) is 6.54 Å². The van der Waals surface area contributed by atoms with Crippen LogP contribution in [0.4, 0.5) is 0 Å². The van der Waals surface area contributed by atoms with Crippen molar-refractivity contribution < 1.29 is 14.3 Å². The lowest BCUT2D eigenvalue weighted by molar-refractivity contribution is -0.127. The van der Waals surface area contributed by atoms with E-state index in [1.165, 1.54) is 5.56 Å². The van der Waals surface area contributed by atoms with Crippen LogP contribution in [0.5, 0.6) is 11.5 Å². The van der Waals surface area contributed by atoms with Crippen LogP contribution in [0, 0.1) is 13.8 Å². The van der Waals surface area contributed by atoms with E-state index in [0.717, 1.165) is 11.3 Å². The molecule has 0 aliphatic heterocycles. The molecular formula is C19H23NO3. The molecule has 0 saturated carbocycles. The van der Waals surface area contributed by atoms with Gasteiger partial charge in [0.15, 0.2) is 6.10 Å². The molecule has 1 amide bonds. The number of benzene rings is 2. The Morgan fingerprint density at radius 1 is 1.04 bits per heavy atom. The summed E-state index contributed by atoms with van der Waals surface area (Å²) in [6.07, 6.45) is -0.547. The predicted octanol–water partition coefficient (Wildman–Crippen LogP) is 3.27. The fraction of sp³-hybridized carbons (Fsp3) is 0.316. The maximum atomic E-state index is 12.0. The zero-order valence-electron chi connectivity index (χ0n) is 13.8. The van der Waals surface area contributed by atoms with Gasteiger partial charge in [-0.2, -0.15) is 0 Å². The third kappa shape index (κ3) is 5.33. The van der Waals surface area contributed by atoms with Gasteiger partial charge in [0.2, 0.25) is 0 Å². The van der Waals surface area contributed by atoms with E-state index in [-0.39, 0.29) is 5.91 Å². The normalized spacial score (nSPS) is 11.6. The van der Waals surface area contributed by atoms with Crippen LogP contribution in [0.1, 0.15) is 18.1 Å². The maximum absolute atomic E-state index is 12.0. The fourth-order valence-corrected chi connectivity index (χ4v) is 2.05. The van der Waals surface area contributed by atoms with E-state index in [9.17, 15) is 4.79 Å². The monoisotopic (exact) mass is 313 g/mol. The zero-order chi connectivity index (χ0) is 16.7. The molecule has 0 aliphatic rings. The SMILES string of the molecule is Cc1ccc(O[C@@H](C)C(=O)NCCOc2ccccc2)cc1C. The molecule has 122 valence electrons. The summed E-state index contributed by atoms with van der Waals surface area (Å²) in [6.45, 7) is 6.67. The molecule has 2 rings (SSSR count). The Morgan fingerprint density at radius 2 is 1.78 bits per heavy atom. The van der Waals surface area contributed by atoms with Gasteiger partial charge in [0.25, 0.3) is 5.91 Å². The molecule has 0 aliphatic carbocycles. The molecule has 2 aromatic rings. The van der Waals surface area contributed by atoms with Gasteiger partial charge in [-0.05, 0) is 56.2 Å². The van der Waals surface area contributed by atoms with Crippen LogP contribution in [-0.4, -0.2) is 25.2 Å². The number of carbonyl (C=O) groups is 1. The minimum absolute atomic E-state index is 0.153. The lowest BCUT2D eigenvalue weighted by Crippen LogP contribution is -2.38. The molecule has 0 saturated heterocycles. The molecule has 0 fully saturated rings. The highest BCUT2D eigenvalue weighted by molar-refractivity contribution is 5.80. The molecule has 0 radical (unpaired) electrons. The van der Waals surface area contributed by atoms with Crippen LogP contribution in [0.15, 0.2) is 48.5 Å². The van der Waals surface area contributed by atoms with Gasteiger partial charge in [-0.15, -0.1) is 0 Å². The van der Waals surface area contributed by atoms with Gasteiger partial charge in [-0.3, -0.25) is 4.79 Å². The Bertz CT molecular complexity index is 640. The Kier molecular flexibility index (Phi) is 6.03. The second-order valence-electron chi connectivity index (χ2n) is 5.46. The summed E-state index contributed by atoms with van der Waals surface area (Å²) in [7, 11) is 0. The fourth-order valence-electron chi connectivity index (χ4n) is 2.05. The summed E-state index contributed by atoms with van der Waals surface area (Å²) < 4.78 is 11.2. The molecule has 4 heteroatoms. The van der Waals surface area contributed by atoms with Crippen molar-refractivity contribution >= 4 is 5.91 Å². The van der Waals surface area contributed by atoms with Gasteiger partial charge in [0, 0.05) is 0 Å². The van der Waals surface area contributed by atoms with E-state index in [4.69, 9.17) is 9.47 Å². The van der Waals surface area contributed by atoms with Gasteiger partial charge < -0.3 is 14.8 Å². The van der Waals surface area contributed by atoms with E-state index in [1.807, 2.05) is 62.4 Å². The van der Waals surface area contributed by atoms with Crippen molar-refractivity contribution in [3.8, 4) is 11.5 Å². The molecular weight excluding hydrogens is 290 g/mol. The van der Waals surface area contributed by atoms with Crippen LogP contribution in [0.2, 0.25) is 0 Å². The minimum Gasteiger partial charge on any atom is -0.492 e. The number of carbonyl (C=O) groups excluding carboxylic acids is 1. The van der Waals surface area contributed by atoms with Crippen molar-refractivity contribution in [2.75, 3.05) is 13.2 Å². The molecule has 0 bridgehead atoms. The first kappa shape index (κ1) is 16.9. The number of ether oxygens (including phenoxy) is 2. The molecule has 2 aromatic carbocycles. The van der Waals surface area contributed by atoms with Crippen molar-refractivity contribution in [3.63, 3.8) is 0 Å². The Labute approximate surface area is 137 Å². The number of para-hydroxylation sites is 1. The van der Waals surface area contributed by atoms with E-state index in [0.29, 0.717) is 18.9 Å². The second-order valence-corrected chi connectivity index (χ2v) is 5.46. The maximum Gasteiger partial charge on any atom is 0.260 e. The highest BCUT2D eigenvalue weighted by atomic mass is 16.5. The number of amides is 1. The van der Waals surface area contributed by atoms with Crippen LogP contribution >= 0.6 is 0 Å². The number of aryl methyl sites for hydroxylation is 2. The molecule has 1 N–H and O–H groups in total. The Morgan fingerprint density at radius 3 is 2.48 bits per heavy atom. The van der Waals surface area contributed by atoms with Crippen LogP contribution in [0.25, 0.3) is 0 Å². The van der Waals surface area contributed by atoms with E-state index < -0.39 is 6.10 Å². The molecule has 0 spiro atoms. The first-order valence-corrected chi connectivity index (χ1v) is 7.76. The number of hydrogen-bond acceptors (Lipinski definition) is 3. The molecule has 1 atom stereocenters. The quantitative estimate of drug-likeness (QED) is 0.798. The summed E-state index contributed by atoms with van der Waals surface area (Å²) >= 11 is 0. The van der Waals surface area contributed by atoms with Crippen LogP contribution in [0.3, 0.4) is 0 Å². The molecule has 0 unspecified atom stereocenters. The second kappa shape index (κ2) is 8.22. The highest BCUT2D eigenvalue weighted by Gasteiger charge is 2.14. The third-order valence-corrected chi connectivity index (χ3v) is 3.57. The molecule has 0 heterocycles. The first-order chi connectivity index (χ1) is 11.1. The van der Waals surface area contributed by atoms with Gasteiger partial charge in [-0.25, -0.2) is 0 Å². The lowest BCUT2D eigenvalue weighted by Gasteiger charge is -2.15. The van der Waals surface area contributed by atoms with Crippen molar-refractivity contribution in [2.24, 2.45) is 0 Å². The standard InChI is InChI=1S/C19H23NO3/c1-14-9-10-18(13-15(14)2)23-16(3)19(21)20-11-12-22-17-7-5-4-6-8-17/h4-10,13,16H,11-12H2,1-3H3,(H,20,21)/t16-/m0/s1. The minimum atomic E-state index is -0.547. The average Bonchev–Trinajstić information content (AvgIpc) is 2.55. The third-order valence-electron chi connectivity index (χ3n) is 3.57. The molecule has 4 nitrogen and oxygen atoms in total. The average molecular weight is 313 g/mol. The van der Waals surface area contributed by atoms with E-state index in [2.05, 4.69) is 5.32 Å². The van der Waals surface area contributed by atoms with E-state index in [1.54, 1.807) is 6.92 Å². The first-order valence-electron chi connectivity index (χ1n) is 7.76. The van der Waals surface area contributed by atoms with Gasteiger partial charge in [0.1, 0.15) is 18.1 Å². The Balaban J connectivity index is 1.73. The Hall–Kier alpha value is -2.49. The van der Waals surface area contributed by atoms with Crippen molar-refractivity contribution in [1.29, 1.82) is 0 Å². The topological polar surface area (TPSA) is 47.6 Å². The van der Waals surface area contributed by atoms with E-state index >= 15 is 0 Å². The van der Waals surface area contributed by atoms with Crippen LogP contribution < -0.4 is 14.8 Å². The highest BCUT2D eigenvalue weighted by Crippen LogP contribution is 2.17. The summed E-state index contributed by atoms with van der Waals surface area (Å²) in [5.41, 5.74) is 2.35. The molecule has 23 heavy (non-hydrogen) atoms. The lowest BCUT2D eigenvalue weighted by atomic mass is 10.1.